The molecule has 14 heteroatoms. The van der Waals surface area contributed by atoms with Gasteiger partial charge in [-0.15, -0.1) is 24.0 Å². The lowest BCUT2D eigenvalue weighted by molar-refractivity contribution is -0.870. The van der Waals surface area contributed by atoms with Crippen LogP contribution in [0.5, 0.6) is 11.5 Å². The van der Waals surface area contributed by atoms with Crippen LogP contribution in [0, 0.1) is 0 Å². The third-order valence-corrected chi connectivity index (χ3v) is 7.75. The summed E-state index contributed by atoms with van der Waals surface area (Å²) in [6.07, 6.45) is -0.0377. The number of esters is 1. The molecule has 0 aromatic heterocycles. The number of phenols is 1. The molecule has 0 unspecified atom stereocenters. The van der Waals surface area contributed by atoms with Crippen molar-refractivity contribution in [2.24, 2.45) is 0 Å². The number of ketones is 2. The fraction of sp³-hybridized carbons (Fsp3) is 0.333. The molecule has 0 aliphatic carbocycles. The summed E-state index contributed by atoms with van der Waals surface area (Å²) in [5, 5.41) is 29.6. The van der Waals surface area contributed by atoms with Crippen molar-refractivity contribution in [3.05, 3.63) is 129 Å². The number of hydrogen-bond donors (Lipinski definition) is 2. The largest absolute Gasteiger partial charge is 0.546 e. The van der Waals surface area contributed by atoms with E-state index < -0.39 is 15.9 Å². The van der Waals surface area contributed by atoms with E-state index in [1.807, 2.05) is 13.8 Å². The minimum Gasteiger partial charge on any atom is -0.546 e. The van der Waals surface area contributed by atoms with Gasteiger partial charge in [0.05, 0.1) is 39.8 Å². The number of aliphatic hydroxyl groups excluding tert-OH is 1. The van der Waals surface area contributed by atoms with E-state index in [1.54, 1.807) is 98.8 Å². The molecule has 0 amide bonds. The van der Waals surface area contributed by atoms with Crippen molar-refractivity contribution in [1.82, 2.24) is 0 Å². The molecule has 0 bridgehead atoms. The van der Waals surface area contributed by atoms with Crippen LogP contribution in [0.4, 0.5) is 0 Å². The molecule has 0 saturated heterocycles. The molecule has 306 valence electrons. The Balaban J connectivity index is 0.000000781. The Morgan fingerprint density at radius 2 is 1.05 bits per heavy atom. The van der Waals surface area contributed by atoms with Crippen molar-refractivity contribution in [1.29, 1.82) is 0 Å². The molecule has 0 heterocycles. The van der Waals surface area contributed by atoms with Gasteiger partial charge in [-0.2, -0.15) is 0 Å². The van der Waals surface area contributed by atoms with Crippen molar-refractivity contribution >= 4 is 86.6 Å². The van der Waals surface area contributed by atoms with Gasteiger partial charge in [0.15, 0.2) is 11.6 Å². The number of halogens is 4. The molecule has 0 atom stereocenters. The summed E-state index contributed by atoms with van der Waals surface area (Å²) in [4.78, 5) is 46.1. The van der Waals surface area contributed by atoms with Gasteiger partial charge in [-0.25, -0.2) is 0 Å². The molecule has 10 nitrogen and oxygen atoms in total. The number of aromatic hydroxyl groups is 1. The molecule has 56 heavy (non-hydrogen) atoms. The number of phenolic OH excluding ortho intramolecular Hbond substituents is 1. The van der Waals surface area contributed by atoms with Crippen LogP contribution in [-0.2, 0) is 14.3 Å². The van der Waals surface area contributed by atoms with Crippen LogP contribution in [0.15, 0.2) is 97.1 Å². The van der Waals surface area contributed by atoms with Gasteiger partial charge in [-0.05, 0) is 139 Å². The maximum absolute atomic E-state index is 12.3. The van der Waals surface area contributed by atoms with Crippen molar-refractivity contribution < 1.29 is 48.5 Å². The molecular formula is C42H51BrCl2INO9. The highest BCUT2D eigenvalue weighted by Crippen LogP contribution is 2.21. The molecule has 0 aliphatic heterocycles. The summed E-state index contributed by atoms with van der Waals surface area (Å²) < 4.78 is 10.5. The molecule has 0 saturated carbocycles. The number of hydrogen-bond acceptors (Lipinski definition) is 9. The van der Waals surface area contributed by atoms with Crippen molar-refractivity contribution in [3.63, 3.8) is 0 Å². The normalized spacial score (nSPS) is 10.8. The second-order valence-corrected chi connectivity index (χ2v) is 17.2. The van der Waals surface area contributed by atoms with Crippen LogP contribution in [0.25, 0.3) is 0 Å². The minimum atomic E-state index is -1.44. The average molecular weight is 992 g/mol. The number of carboxylic acids is 1. The second-order valence-electron chi connectivity index (χ2n) is 14.3. The molecule has 4 aromatic carbocycles. The lowest BCUT2D eigenvalue weighted by Gasteiger charge is -2.27. The third-order valence-electron chi connectivity index (χ3n) is 6.92. The highest BCUT2D eigenvalue weighted by Gasteiger charge is 2.26. The Labute approximate surface area is 365 Å². The van der Waals surface area contributed by atoms with Gasteiger partial charge in [0.2, 0.25) is 0 Å². The van der Waals surface area contributed by atoms with Crippen LogP contribution in [0.1, 0.15) is 73.4 Å². The second kappa shape index (κ2) is 24.3. The average Bonchev–Trinajstić information content (AvgIpc) is 3.08. The molecule has 0 fully saturated rings. The number of carbonyl (C=O) groups is 4. The molecule has 0 aliphatic rings. The number of carbonyl (C=O) groups excluding carboxylic acids is 4. The van der Waals surface area contributed by atoms with E-state index in [9.17, 15) is 24.3 Å². The summed E-state index contributed by atoms with van der Waals surface area (Å²) in [6.45, 7) is 11.1. The number of carboxylic acid groups (broad SMARTS) is 1. The zero-order valence-electron chi connectivity index (χ0n) is 33.0. The number of aliphatic hydroxyl groups is 1. The molecule has 2 N–H and O–H groups in total. The number of rotatable bonds is 11. The molecule has 4 rings (SSSR count). The summed E-state index contributed by atoms with van der Waals surface area (Å²) in [5.74, 6) is -1.27. The Bertz CT molecular complexity index is 1770. The Morgan fingerprint density at radius 3 is 1.30 bits per heavy atom. The molecular weight excluding hydrogens is 940 g/mol. The summed E-state index contributed by atoms with van der Waals surface area (Å²) >= 11 is 14.7. The predicted octanol–water partition coefficient (Wildman–Crippen LogP) is 8.17. The minimum absolute atomic E-state index is 0. The first kappa shape index (κ1) is 52.5. The number of likely N-dealkylation sites (N-methyl/N-ethyl adjacent to an activating group) is 1. The standard InChI is InChI=1S/C17H15ClO4.C13H9ClO2.C7H13BrO2.C5H14NO.HI/c1-17(2,16(20)21)22-14-9-5-12(6-10-14)15(19)11-3-7-13(18)8-4-11;14-11-5-1-9(2-6-11)13(16)10-3-7-12(15)8-4-10;1-5(2)10-6(9)7(3,4)8;1-6(2,3)4-5-7;/h3-10H,1-2H3,(H,20,21);1-8,15H;5H,1-4H3;7H,4-5H2,1-3H3;1H/q;;;+1;/p-1. The van der Waals surface area contributed by atoms with E-state index in [-0.39, 0.29) is 60.0 Å². The number of aliphatic carboxylic acids is 1. The first-order valence-electron chi connectivity index (χ1n) is 17.1. The van der Waals surface area contributed by atoms with Crippen LogP contribution in [-0.4, -0.2) is 88.5 Å². The van der Waals surface area contributed by atoms with E-state index >= 15 is 0 Å². The SMILES string of the molecule is CC(C)(Oc1ccc(C(=O)c2ccc(Cl)cc2)cc1)C(=O)[O-].CC(C)OC(=O)C(C)(C)Br.C[N+](C)(C)CCO.I.O=C(c1ccc(O)cc1)c1ccc(Cl)cc1. The van der Waals surface area contributed by atoms with Crippen LogP contribution >= 0.6 is 63.1 Å². The number of nitrogens with zero attached hydrogens (tertiary/aromatic N) is 1. The summed E-state index contributed by atoms with van der Waals surface area (Å²) in [7, 11) is 6.16. The van der Waals surface area contributed by atoms with E-state index in [2.05, 4.69) is 37.1 Å². The monoisotopic (exact) mass is 989 g/mol. The van der Waals surface area contributed by atoms with Gasteiger partial charge in [-0.1, -0.05) is 39.1 Å². The number of quaternary nitrogens is 1. The van der Waals surface area contributed by atoms with Gasteiger partial charge >= 0.3 is 5.97 Å². The molecule has 0 radical (unpaired) electrons. The van der Waals surface area contributed by atoms with Gasteiger partial charge in [0.25, 0.3) is 0 Å². The maximum Gasteiger partial charge on any atom is 0.322 e. The van der Waals surface area contributed by atoms with Gasteiger partial charge in [0.1, 0.15) is 28.0 Å². The quantitative estimate of drug-likeness (QED) is 0.0499. The maximum atomic E-state index is 12.3. The summed E-state index contributed by atoms with van der Waals surface area (Å²) in [5.41, 5.74) is 0.672. The van der Waals surface area contributed by atoms with Crippen LogP contribution in [0.3, 0.4) is 0 Å². The zero-order valence-corrected chi connectivity index (χ0v) is 38.4. The highest BCUT2D eigenvalue weighted by molar-refractivity contribution is 14.0. The van der Waals surface area contributed by atoms with Gasteiger partial charge in [-0.3, -0.25) is 14.4 Å². The van der Waals surface area contributed by atoms with E-state index in [4.69, 9.17) is 42.9 Å². The number of benzene rings is 4. The topological polar surface area (TPSA) is 150 Å². The van der Waals surface area contributed by atoms with Gasteiger partial charge in [0, 0.05) is 32.3 Å². The fourth-order valence-electron chi connectivity index (χ4n) is 3.81. The van der Waals surface area contributed by atoms with E-state index in [0.29, 0.717) is 38.0 Å². The zero-order chi connectivity index (χ0) is 42.1. The lowest BCUT2D eigenvalue weighted by Crippen LogP contribution is -2.47. The Morgan fingerprint density at radius 1 is 0.714 bits per heavy atom. The van der Waals surface area contributed by atoms with E-state index in [1.165, 1.54) is 26.0 Å². The van der Waals surface area contributed by atoms with Crippen molar-refractivity contribution in [2.45, 2.75) is 57.6 Å². The molecule has 0 spiro atoms. The Hall–Kier alpha value is -3.53. The fourth-order valence-corrected chi connectivity index (χ4v) is 4.16. The Kier molecular flexibility index (Phi) is 22.8. The number of alkyl halides is 1. The number of ether oxygens (including phenoxy) is 2. The predicted molar refractivity (Wildman–Crippen MR) is 234 cm³/mol. The third kappa shape index (κ3) is 20.6. The van der Waals surface area contributed by atoms with Crippen LogP contribution in [0.2, 0.25) is 10.0 Å². The summed E-state index contributed by atoms with van der Waals surface area (Å²) in [6, 6.07) is 25.7. The van der Waals surface area contributed by atoms with E-state index in [0.717, 1.165) is 11.0 Å². The van der Waals surface area contributed by atoms with Crippen LogP contribution < -0.4 is 9.84 Å². The first-order chi connectivity index (χ1) is 25.4. The highest BCUT2D eigenvalue weighted by atomic mass is 127. The van der Waals surface area contributed by atoms with Crippen molar-refractivity contribution in [3.8, 4) is 11.5 Å². The molecule has 4 aromatic rings. The smallest absolute Gasteiger partial charge is 0.322 e. The van der Waals surface area contributed by atoms with Crippen molar-refractivity contribution in [2.75, 3.05) is 34.3 Å². The first-order valence-corrected chi connectivity index (χ1v) is 18.6. The lowest BCUT2D eigenvalue weighted by atomic mass is 10.0. The van der Waals surface area contributed by atoms with Gasteiger partial charge < -0.3 is 34.1 Å².